The van der Waals surface area contributed by atoms with Crippen molar-refractivity contribution in [3.8, 4) is 11.1 Å². The van der Waals surface area contributed by atoms with Gasteiger partial charge in [0.25, 0.3) is 0 Å². The summed E-state index contributed by atoms with van der Waals surface area (Å²) in [6.45, 7) is 4.48. The third kappa shape index (κ3) is 2.81. The summed E-state index contributed by atoms with van der Waals surface area (Å²) in [5.74, 6) is 0.585. The fourth-order valence-electron chi connectivity index (χ4n) is 2.88. The number of hydrogen-bond donors (Lipinski definition) is 0. The number of benzene rings is 3. The molecule has 0 nitrogen and oxygen atoms in total. The molecule has 0 heterocycles. The van der Waals surface area contributed by atoms with Gasteiger partial charge in [0.2, 0.25) is 0 Å². The second kappa shape index (κ2) is 6.13. The zero-order chi connectivity index (χ0) is 14.8. The predicted molar refractivity (Wildman–Crippen MR) is 101 cm³/mol. The van der Waals surface area contributed by atoms with E-state index in [1.54, 1.807) is 0 Å². The van der Waals surface area contributed by atoms with Gasteiger partial charge in [-0.3, -0.25) is 0 Å². The van der Waals surface area contributed by atoms with Crippen LogP contribution in [-0.4, -0.2) is 9.19 Å². The summed E-state index contributed by atoms with van der Waals surface area (Å²) in [7, 11) is 2.72. The van der Waals surface area contributed by atoms with Gasteiger partial charge in [0, 0.05) is 0 Å². The Morgan fingerprint density at radius 1 is 0.857 bits per heavy atom. The van der Waals surface area contributed by atoms with Crippen LogP contribution in [0.3, 0.4) is 0 Å². The summed E-state index contributed by atoms with van der Waals surface area (Å²) in [6, 6.07) is 22.4. The molecular weight excluding hydrogens is 287 g/mol. The van der Waals surface area contributed by atoms with Gasteiger partial charge in [-0.05, 0) is 33.4 Å². The highest BCUT2D eigenvalue weighted by molar-refractivity contribution is 7.58. The van der Waals surface area contributed by atoms with Crippen molar-refractivity contribution in [1.82, 2.24) is 0 Å². The van der Waals surface area contributed by atoms with Crippen molar-refractivity contribution in [2.45, 2.75) is 19.8 Å². The minimum Gasteiger partial charge on any atom is -0.150 e. The molecule has 1 atom stereocenters. The highest BCUT2D eigenvalue weighted by Gasteiger charge is 2.08. The molecule has 21 heavy (non-hydrogen) atoms. The van der Waals surface area contributed by atoms with Crippen molar-refractivity contribution in [3.63, 3.8) is 0 Å². The molecular formula is C19H21PSi. The third-order valence-electron chi connectivity index (χ3n) is 4.10. The molecule has 0 amide bonds. The Bertz CT molecular complexity index is 755. The number of fused-ring (bicyclic) bond motifs is 1. The highest BCUT2D eigenvalue weighted by Crippen LogP contribution is 2.28. The standard InChI is InChI=1S/C19H21PSi/c1-13(2)14-9-11-15(12-10-14)17-7-3-5-16-6-4-8-18(21-20)19(16)17/h3-13H,20-21H2,1-2H3. The smallest absolute Gasteiger partial charge is 0.0760 e. The maximum absolute atomic E-state index is 2.98. The minimum absolute atomic E-state index is 0.261. The van der Waals surface area contributed by atoms with E-state index in [1.807, 2.05) is 0 Å². The molecule has 0 saturated carbocycles. The first kappa shape index (κ1) is 14.5. The lowest BCUT2D eigenvalue weighted by Crippen LogP contribution is -2.10. The van der Waals surface area contributed by atoms with Crippen molar-refractivity contribution >= 4 is 33.9 Å². The highest BCUT2D eigenvalue weighted by atomic mass is 31.3. The van der Waals surface area contributed by atoms with E-state index in [0.717, 1.165) is 0 Å². The molecule has 0 aromatic heterocycles. The van der Waals surface area contributed by atoms with E-state index in [9.17, 15) is 0 Å². The largest absolute Gasteiger partial charge is 0.150 e. The molecule has 0 bridgehead atoms. The molecule has 106 valence electrons. The van der Waals surface area contributed by atoms with Gasteiger partial charge < -0.3 is 0 Å². The van der Waals surface area contributed by atoms with Crippen LogP contribution in [0.25, 0.3) is 21.9 Å². The van der Waals surface area contributed by atoms with Gasteiger partial charge in [-0.15, -0.1) is 0 Å². The lowest BCUT2D eigenvalue weighted by molar-refractivity contribution is 0.867. The number of hydrogen-bond acceptors (Lipinski definition) is 0. The second-order valence-electron chi connectivity index (χ2n) is 5.80. The van der Waals surface area contributed by atoms with Gasteiger partial charge in [0.15, 0.2) is 0 Å². The van der Waals surface area contributed by atoms with E-state index in [-0.39, 0.29) is 9.19 Å². The van der Waals surface area contributed by atoms with E-state index >= 15 is 0 Å². The lowest BCUT2D eigenvalue weighted by atomic mass is 9.95. The molecule has 1 unspecified atom stereocenters. The minimum atomic E-state index is -0.261. The first-order valence-corrected chi connectivity index (χ1v) is 11.5. The monoisotopic (exact) mass is 308 g/mol. The summed E-state index contributed by atoms with van der Waals surface area (Å²) in [6.07, 6.45) is 0. The van der Waals surface area contributed by atoms with E-state index in [1.165, 1.54) is 32.6 Å². The van der Waals surface area contributed by atoms with Gasteiger partial charge in [0.1, 0.15) is 0 Å². The Labute approximate surface area is 131 Å². The van der Waals surface area contributed by atoms with Crippen LogP contribution in [0.15, 0.2) is 60.7 Å². The fourth-order valence-corrected chi connectivity index (χ4v) is 4.77. The van der Waals surface area contributed by atoms with Gasteiger partial charge in [-0.1, -0.05) is 79.7 Å². The van der Waals surface area contributed by atoms with Crippen LogP contribution in [0, 0.1) is 0 Å². The van der Waals surface area contributed by atoms with Crippen LogP contribution in [0.1, 0.15) is 25.3 Å². The molecule has 2 heteroatoms. The maximum Gasteiger partial charge on any atom is 0.0760 e. The molecule has 0 saturated heterocycles. The SMILES string of the molecule is CC(C)c1ccc(-c2cccc3cccc([SiH2]P)c23)cc1. The van der Waals surface area contributed by atoms with Gasteiger partial charge in [-0.2, -0.15) is 8.79 Å². The third-order valence-corrected chi connectivity index (χ3v) is 6.45. The first-order valence-electron chi connectivity index (χ1n) is 7.51. The molecule has 3 rings (SSSR count). The van der Waals surface area contributed by atoms with Crippen molar-refractivity contribution in [2.24, 2.45) is 0 Å². The van der Waals surface area contributed by atoms with Crippen LogP contribution < -0.4 is 5.19 Å². The summed E-state index contributed by atoms with van der Waals surface area (Å²) < 4.78 is 0. The fraction of sp³-hybridized carbons (Fsp3) is 0.158. The maximum atomic E-state index is 2.98. The van der Waals surface area contributed by atoms with Crippen molar-refractivity contribution < 1.29 is 0 Å². The Balaban J connectivity index is 2.20. The van der Waals surface area contributed by atoms with E-state index in [2.05, 4.69) is 83.3 Å². The Kier molecular flexibility index (Phi) is 4.23. The first-order chi connectivity index (χ1) is 10.2. The Morgan fingerprint density at radius 3 is 2.14 bits per heavy atom. The molecule has 0 N–H and O–H groups in total. The van der Waals surface area contributed by atoms with Crippen LogP contribution in [-0.2, 0) is 0 Å². The van der Waals surface area contributed by atoms with Crippen LogP contribution in [0.2, 0.25) is 0 Å². The topological polar surface area (TPSA) is 0 Å². The van der Waals surface area contributed by atoms with E-state index < -0.39 is 0 Å². The lowest BCUT2D eigenvalue weighted by Gasteiger charge is -2.12. The zero-order valence-electron chi connectivity index (χ0n) is 12.6. The van der Waals surface area contributed by atoms with Crippen molar-refractivity contribution in [2.75, 3.05) is 0 Å². The molecule has 3 aromatic carbocycles. The van der Waals surface area contributed by atoms with Crippen LogP contribution in [0.4, 0.5) is 0 Å². The summed E-state index contributed by atoms with van der Waals surface area (Å²) in [5.41, 5.74) is 4.10. The molecule has 0 fully saturated rings. The van der Waals surface area contributed by atoms with E-state index in [4.69, 9.17) is 0 Å². The average molecular weight is 308 g/mol. The van der Waals surface area contributed by atoms with Crippen molar-refractivity contribution in [3.05, 3.63) is 66.2 Å². The van der Waals surface area contributed by atoms with E-state index in [0.29, 0.717) is 5.92 Å². The molecule has 0 aliphatic rings. The number of rotatable bonds is 3. The van der Waals surface area contributed by atoms with Crippen LogP contribution in [0.5, 0.6) is 0 Å². The second-order valence-corrected chi connectivity index (χ2v) is 8.20. The predicted octanol–water partition coefficient (Wildman–Crippen LogP) is 4.21. The molecule has 0 spiro atoms. The van der Waals surface area contributed by atoms with Crippen molar-refractivity contribution in [1.29, 1.82) is 0 Å². The normalized spacial score (nSPS) is 11.8. The van der Waals surface area contributed by atoms with Gasteiger partial charge in [0.05, 0.1) is 9.19 Å². The van der Waals surface area contributed by atoms with Gasteiger partial charge in [-0.25, -0.2) is 0 Å². The molecule has 3 aromatic rings. The summed E-state index contributed by atoms with van der Waals surface area (Å²) in [4.78, 5) is 0. The molecule has 0 aliphatic heterocycles. The Hall–Kier alpha value is -1.43. The quantitative estimate of drug-likeness (QED) is 0.502. The molecule has 0 aliphatic carbocycles. The zero-order valence-corrected chi connectivity index (χ0v) is 15.2. The summed E-state index contributed by atoms with van der Waals surface area (Å²) >= 11 is 0. The summed E-state index contributed by atoms with van der Waals surface area (Å²) in [5, 5.41) is 4.33. The van der Waals surface area contributed by atoms with Gasteiger partial charge >= 0.3 is 0 Å². The Morgan fingerprint density at radius 2 is 1.52 bits per heavy atom. The average Bonchev–Trinajstić information content (AvgIpc) is 2.53. The molecule has 0 radical (unpaired) electrons. The van der Waals surface area contributed by atoms with Crippen LogP contribution >= 0.6 is 8.79 Å².